The van der Waals surface area contributed by atoms with Crippen LogP contribution in [-0.4, -0.2) is 27.4 Å². The van der Waals surface area contributed by atoms with Gasteiger partial charge in [0.1, 0.15) is 10.3 Å². The van der Waals surface area contributed by atoms with Crippen molar-refractivity contribution in [1.29, 1.82) is 5.26 Å². The molecule has 0 bridgehead atoms. The largest absolute Gasteiger partial charge is 0.382 e. The van der Waals surface area contributed by atoms with E-state index in [1.54, 1.807) is 31.6 Å². The molecule has 1 rings (SSSR count). The molecule has 6 heteroatoms. The van der Waals surface area contributed by atoms with Gasteiger partial charge in [0, 0.05) is 20.3 Å². The van der Waals surface area contributed by atoms with Crippen LogP contribution in [0.5, 0.6) is 0 Å². The molecule has 0 aliphatic carbocycles. The summed E-state index contributed by atoms with van der Waals surface area (Å²) in [6.45, 7) is 0. The first-order valence-corrected chi connectivity index (χ1v) is 6.41. The lowest BCUT2D eigenvalue weighted by Crippen LogP contribution is -2.08. The minimum absolute atomic E-state index is 0.192. The lowest BCUT2D eigenvalue weighted by Gasteiger charge is -2.06. The highest BCUT2D eigenvalue weighted by molar-refractivity contribution is 7.97. The number of nitrogens with zero attached hydrogens (tertiary/aromatic N) is 2. The fourth-order valence-corrected chi connectivity index (χ4v) is 3.25. The van der Waals surface area contributed by atoms with Crippen molar-refractivity contribution in [3.63, 3.8) is 0 Å². The molecular formula is C9H10N2O2S2. The quantitative estimate of drug-likeness (QED) is 0.753. The van der Waals surface area contributed by atoms with Gasteiger partial charge in [-0.2, -0.15) is 5.26 Å². The van der Waals surface area contributed by atoms with Crippen molar-refractivity contribution < 1.29 is 8.42 Å². The van der Waals surface area contributed by atoms with E-state index in [2.05, 4.69) is 0 Å². The van der Waals surface area contributed by atoms with E-state index in [0.29, 0.717) is 0 Å². The zero-order valence-electron chi connectivity index (χ0n) is 8.34. The van der Waals surface area contributed by atoms with Crippen molar-refractivity contribution in [2.45, 2.75) is 4.21 Å². The molecule has 4 nitrogen and oxygen atoms in total. The lowest BCUT2D eigenvalue weighted by molar-refractivity contribution is 0.559. The van der Waals surface area contributed by atoms with Crippen molar-refractivity contribution in [1.82, 2.24) is 4.90 Å². The van der Waals surface area contributed by atoms with Gasteiger partial charge < -0.3 is 4.90 Å². The minimum Gasteiger partial charge on any atom is -0.382 e. The molecule has 0 unspecified atom stereocenters. The first-order chi connectivity index (χ1) is 6.98. The molecule has 1 aromatic heterocycles. The van der Waals surface area contributed by atoms with E-state index in [0.717, 1.165) is 11.3 Å². The van der Waals surface area contributed by atoms with Crippen LogP contribution in [0, 0.1) is 11.3 Å². The van der Waals surface area contributed by atoms with Gasteiger partial charge in [-0.15, -0.1) is 11.3 Å². The molecule has 0 saturated heterocycles. The van der Waals surface area contributed by atoms with E-state index in [4.69, 9.17) is 5.26 Å². The number of hydrogen-bond donors (Lipinski definition) is 0. The van der Waals surface area contributed by atoms with Gasteiger partial charge in [0.25, 0.3) is 0 Å². The number of allylic oxidation sites excluding steroid dienone is 1. The second-order valence-electron chi connectivity index (χ2n) is 3.00. The van der Waals surface area contributed by atoms with Crippen LogP contribution >= 0.6 is 11.3 Å². The third-order valence-corrected chi connectivity index (χ3v) is 4.59. The van der Waals surface area contributed by atoms with Crippen LogP contribution in [-0.2, 0) is 9.84 Å². The molecule has 0 aromatic carbocycles. The van der Waals surface area contributed by atoms with E-state index in [9.17, 15) is 8.42 Å². The molecule has 0 saturated carbocycles. The first-order valence-electron chi connectivity index (χ1n) is 4.05. The number of rotatable bonds is 3. The van der Waals surface area contributed by atoms with E-state index in [1.807, 2.05) is 0 Å². The molecule has 15 heavy (non-hydrogen) atoms. The summed E-state index contributed by atoms with van der Waals surface area (Å²) in [6, 6.07) is 4.83. The van der Waals surface area contributed by atoms with Gasteiger partial charge in [-0.05, 0) is 11.4 Å². The Hall–Kier alpha value is -1.32. The third-order valence-electron chi connectivity index (χ3n) is 1.54. The van der Waals surface area contributed by atoms with Crippen LogP contribution < -0.4 is 0 Å². The molecule has 1 aromatic rings. The van der Waals surface area contributed by atoms with Crippen molar-refractivity contribution in [2.75, 3.05) is 14.1 Å². The molecule has 0 fully saturated rings. The van der Waals surface area contributed by atoms with Gasteiger partial charge in [-0.3, -0.25) is 0 Å². The maximum absolute atomic E-state index is 11.9. The summed E-state index contributed by atoms with van der Waals surface area (Å²) in [5.41, 5.74) is 0. The van der Waals surface area contributed by atoms with Gasteiger partial charge in [-0.1, -0.05) is 6.07 Å². The lowest BCUT2D eigenvalue weighted by atomic mass is 10.6. The van der Waals surface area contributed by atoms with Gasteiger partial charge in [-0.25, -0.2) is 8.42 Å². The Balaban J connectivity index is 3.23. The Morgan fingerprint density at radius 1 is 1.60 bits per heavy atom. The number of thiophene rings is 1. The van der Waals surface area contributed by atoms with Crippen LogP contribution in [0.1, 0.15) is 0 Å². The number of nitriles is 1. The third kappa shape index (κ3) is 2.58. The molecule has 0 aliphatic heterocycles. The fraction of sp³-hybridized carbons (Fsp3) is 0.222. The van der Waals surface area contributed by atoms with Crippen LogP contribution in [0.15, 0.2) is 32.8 Å². The van der Waals surface area contributed by atoms with E-state index < -0.39 is 9.84 Å². The van der Waals surface area contributed by atoms with Gasteiger partial charge >= 0.3 is 0 Å². The fourth-order valence-electron chi connectivity index (χ4n) is 0.918. The Labute approximate surface area is 93.0 Å². The summed E-state index contributed by atoms with van der Waals surface area (Å²) in [5.74, 6) is 0. The Morgan fingerprint density at radius 2 is 2.27 bits per heavy atom. The normalized spacial score (nSPS) is 12.2. The maximum atomic E-state index is 11.9. The molecular weight excluding hydrogens is 232 g/mol. The van der Waals surface area contributed by atoms with E-state index in [-0.39, 0.29) is 9.11 Å². The highest BCUT2D eigenvalue weighted by Gasteiger charge is 2.21. The second kappa shape index (κ2) is 4.47. The molecule has 0 aliphatic rings. The van der Waals surface area contributed by atoms with Crippen LogP contribution in [0.4, 0.5) is 0 Å². The summed E-state index contributed by atoms with van der Waals surface area (Å²) in [6.07, 6.45) is 1.30. The Bertz CT molecular complexity index is 493. The molecule has 1 heterocycles. The standard InChI is InChI=1S/C9H10N2O2S2/c1-11(2)7-8(6-10)15(12,13)9-4-3-5-14-9/h3-5,7H,1-2H3/b8-7-. The maximum Gasteiger partial charge on any atom is 0.227 e. The molecule has 0 amide bonds. The van der Waals surface area contributed by atoms with Gasteiger partial charge in [0.15, 0.2) is 4.91 Å². The smallest absolute Gasteiger partial charge is 0.227 e. The van der Waals surface area contributed by atoms with Crippen molar-refractivity contribution >= 4 is 21.2 Å². The highest BCUT2D eigenvalue weighted by atomic mass is 32.2. The SMILES string of the molecule is CN(C)/C=C(/C#N)S(=O)(=O)c1cccs1. The molecule has 0 N–H and O–H groups in total. The number of sulfone groups is 1. The summed E-state index contributed by atoms with van der Waals surface area (Å²) in [5, 5.41) is 10.5. The summed E-state index contributed by atoms with van der Waals surface area (Å²) < 4.78 is 23.9. The topological polar surface area (TPSA) is 61.2 Å². The molecule has 0 atom stereocenters. The first kappa shape index (κ1) is 11.8. The summed E-state index contributed by atoms with van der Waals surface area (Å²) in [4.78, 5) is 1.29. The predicted molar refractivity (Wildman–Crippen MR) is 58.9 cm³/mol. The van der Waals surface area contributed by atoms with E-state index >= 15 is 0 Å². The van der Waals surface area contributed by atoms with Crippen molar-refractivity contribution in [3.05, 3.63) is 28.6 Å². The van der Waals surface area contributed by atoms with E-state index in [1.165, 1.54) is 17.2 Å². The van der Waals surface area contributed by atoms with Crippen molar-refractivity contribution in [2.24, 2.45) is 0 Å². The second-order valence-corrected chi connectivity index (χ2v) is 6.10. The van der Waals surface area contributed by atoms with Crippen molar-refractivity contribution in [3.8, 4) is 6.07 Å². The molecule has 0 spiro atoms. The van der Waals surface area contributed by atoms with Crippen LogP contribution in [0.25, 0.3) is 0 Å². The Morgan fingerprint density at radius 3 is 2.67 bits per heavy atom. The zero-order valence-corrected chi connectivity index (χ0v) is 9.97. The average Bonchev–Trinajstić information content (AvgIpc) is 2.66. The zero-order chi connectivity index (χ0) is 11.5. The summed E-state index contributed by atoms with van der Waals surface area (Å²) in [7, 11) is -0.290. The predicted octanol–water partition coefficient (Wildman–Crippen LogP) is 1.45. The van der Waals surface area contributed by atoms with Crippen LogP contribution in [0.2, 0.25) is 0 Å². The average molecular weight is 242 g/mol. The minimum atomic E-state index is -3.63. The van der Waals surface area contributed by atoms with Gasteiger partial charge in [0.2, 0.25) is 9.84 Å². The van der Waals surface area contributed by atoms with Crippen LogP contribution in [0.3, 0.4) is 0 Å². The highest BCUT2D eigenvalue weighted by Crippen LogP contribution is 2.23. The molecule has 80 valence electrons. The molecule has 0 radical (unpaired) electrons. The Kier molecular flexibility index (Phi) is 3.50. The summed E-state index contributed by atoms with van der Waals surface area (Å²) >= 11 is 1.10. The van der Waals surface area contributed by atoms with Gasteiger partial charge in [0.05, 0.1) is 0 Å². The monoisotopic (exact) mass is 242 g/mol. The number of hydrogen-bond acceptors (Lipinski definition) is 5.